The quantitative estimate of drug-likeness (QED) is 0.602. The van der Waals surface area contributed by atoms with Gasteiger partial charge in [0, 0.05) is 13.2 Å². The number of rotatable bonds is 2. The smallest absolute Gasteiger partial charge is 0.0716 e. The third kappa shape index (κ3) is 2.43. The summed E-state index contributed by atoms with van der Waals surface area (Å²) in [4.78, 5) is 0. The minimum Gasteiger partial charge on any atom is -0.391 e. The third-order valence-electron chi connectivity index (χ3n) is 2.20. The van der Waals surface area contributed by atoms with E-state index in [1.54, 1.807) is 7.11 Å². The van der Waals surface area contributed by atoms with E-state index in [0.717, 1.165) is 12.8 Å². The lowest BCUT2D eigenvalue weighted by molar-refractivity contribution is 0.0381. The molecule has 66 valence electrons. The van der Waals surface area contributed by atoms with Crippen LogP contribution in [0.15, 0.2) is 0 Å². The Kier molecular flexibility index (Phi) is 3.30. The van der Waals surface area contributed by atoms with Crippen LogP contribution in [0.25, 0.3) is 0 Å². The van der Waals surface area contributed by atoms with Crippen molar-refractivity contribution in [3.8, 4) is 0 Å². The van der Waals surface area contributed by atoms with Crippen LogP contribution in [-0.4, -0.2) is 37.0 Å². The Morgan fingerprint density at radius 2 is 2.27 bits per heavy atom. The molecular weight excluding hydrogens is 142 g/mol. The first-order valence-corrected chi connectivity index (χ1v) is 4.17. The van der Waals surface area contributed by atoms with Crippen LogP contribution < -0.4 is 5.32 Å². The Hall–Kier alpha value is -0.120. The van der Waals surface area contributed by atoms with E-state index < -0.39 is 0 Å². The zero-order valence-corrected chi connectivity index (χ0v) is 7.21. The van der Waals surface area contributed by atoms with Crippen molar-refractivity contribution in [2.24, 2.45) is 0 Å². The highest BCUT2D eigenvalue weighted by atomic mass is 16.5. The van der Waals surface area contributed by atoms with E-state index in [9.17, 15) is 5.11 Å². The second-order valence-corrected chi connectivity index (χ2v) is 3.27. The van der Waals surface area contributed by atoms with Crippen molar-refractivity contribution in [2.45, 2.75) is 38.0 Å². The highest BCUT2D eigenvalue weighted by Crippen LogP contribution is 2.12. The van der Waals surface area contributed by atoms with Gasteiger partial charge in [-0.2, -0.15) is 0 Å². The molecule has 0 spiro atoms. The van der Waals surface area contributed by atoms with Crippen molar-refractivity contribution in [3.63, 3.8) is 0 Å². The topological polar surface area (TPSA) is 41.5 Å². The number of methoxy groups -OCH3 is 1. The fraction of sp³-hybridized carbons (Fsp3) is 1.00. The second kappa shape index (κ2) is 4.04. The predicted molar refractivity (Wildman–Crippen MR) is 43.5 cm³/mol. The van der Waals surface area contributed by atoms with Crippen LogP contribution in [0.3, 0.4) is 0 Å². The van der Waals surface area contributed by atoms with Crippen LogP contribution in [0.4, 0.5) is 0 Å². The molecule has 0 amide bonds. The molecule has 0 saturated carbocycles. The molecule has 11 heavy (non-hydrogen) atoms. The van der Waals surface area contributed by atoms with Crippen molar-refractivity contribution in [1.29, 1.82) is 0 Å². The van der Waals surface area contributed by atoms with Gasteiger partial charge >= 0.3 is 0 Å². The Balaban J connectivity index is 2.34. The molecule has 0 radical (unpaired) electrons. The van der Waals surface area contributed by atoms with Gasteiger partial charge in [0.1, 0.15) is 0 Å². The minimum atomic E-state index is -0.230. The number of piperidine rings is 1. The first-order chi connectivity index (χ1) is 5.24. The van der Waals surface area contributed by atoms with E-state index in [0.29, 0.717) is 12.6 Å². The minimum absolute atomic E-state index is 0.128. The maximum absolute atomic E-state index is 9.48. The Morgan fingerprint density at radius 1 is 1.55 bits per heavy atom. The van der Waals surface area contributed by atoms with Gasteiger partial charge in [0.15, 0.2) is 0 Å². The van der Waals surface area contributed by atoms with Gasteiger partial charge in [0.25, 0.3) is 0 Å². The number of aliphatic hydroxyl groups is 1. The van der Waals surface area contributed by atoms with Crippen LogP contribution in [0, 0.1) is 0 Å². The van der Waals surface area contributed by atoms with E-state index in [4.69, 9.17) is 4.74 Å². The molecular formula is C8H17NO2. The number of aliphatic hydroxyl groups excluding tert-OH is 1. The van der Waals surface area contributed by atoms with Crippen LogP contribution in [0.5, 0.6) is 0 Å². The Labute approximate surface area is 67.7 Å². The standard InChI is InChI=1S/C8H17NO2/c1-6-3-4-8(10)7(9-6)5-11-2/h6-10H,3-5H2,1-2H3. The number of nitrogens with one attached hydrogen (secondary N) is 1. The molecule has 1 aliphatic rings. The van der Waals surface area contributed by atoms with Gasteiger partial charge in [-0.25, -0.2) is 0 Å². The van der Waals surface area contributed by atoms with Crippen molar-refractivity contribution in [2.75, 3.05) is 13.7 Å². The van der Waals surface area contributed by atoms with Gasteiger partial charge in [-0.05, 0) is 19.8 Å². The van der Waals surface area contributed by atoms with Gasteiger partial charge in [0.05, 0.1) is 18.8 Å². The first-order valence-electron chi connectivity index (χ1n) is 4.17. The average molecular weight is 159 g/mol. The maximum atomic E-state index is 9.48. The number of hydrogen-bond donors (Lipinski definition) is 2. The lowest BCUT2D eigenvalue weighted by atomic mass is 9.97. The molecule has 1 fully saturated rings. The summed E-state index contributed by atoms with van der Waals surface area (Å²) in [6.45, 7) is 2.74. The van der Waals surface area contributed by atoms with Crippen LogP contribution in [0.2, 0.25) is 0 Å². The molecule has 3 heteroatoms. The Bertz CT molecular complexity index is 119. The summed E-state index contributed by atoms with van der Waals surface area (Å²) >= 11 is 0. The molecule has 0 bridgehead atoms. The number of hydrogen-bond acceptors (Lipinski definition) is 3. The molecule has 1 saturated heterocycles. The van der Waals surface area contributed by atoms with Gasteiger partial charge in [-0.15, -0.1) is 0 Å². The molecule has 1 heterocycles. The van der Waals surface area contributed by atoms with Crippen LogP contribution in [0.1, 0.15) is 19.8 Å². The SMILES string of the molecule is COCC1NC(C)CCC1O. The predicted octanol–water partition coefficient (Wildman–Crippen LogP) is 0.134. The molecule has 3 nitrogen and oxygen atoms in total. The molecule has 2 N–H and O–H groups in total. The Morgan fingerprint density at radius 3 is 2.91 bits per heavy atom. The van der Waals surface area contributed by atoms with Crippen molar-refractivity contribution >= 4 is 0 Å². The summed E-state index contributed by atoms with van der Waals surface area (Å²) in [5.41, 5.74) is 0. The summed E-state index contributed by atoms with van der Waals surface area (Å²) in [6, 6.07) is 0.641. The largest absolute Gasteiger partial charge is 0.391 e. The van der Waals surface area contributed by atoms with Crippen molar-refractivity contribution in [1.82, 2.24) is 5.32 Å². The molecule has 0 aromatic heterocycles. The van der Waals surface area contributed by atoms with Gasteiger partial charge in [-0.3, -0.25) is 0 Å². The summed E-state index contributed by atoms with van der Waals surface area (Å²) in [7, 11) is 1.66. The summed E-state index contributed by atoms with van der Waals surface area (Å²) in [5, 5.41) is 12.8. The zero-order chi connectivity index (χ0) is 8.27. The summed E-state index contributed by atoms with van der Waals surface area (Å²) in [5.74, 6) is 0. The van der Waals surface area contributed by atoms with E-state index in [-0.39, 0.29) is 12.1 Å². The normalized spacial score (nSPS) is 39.0. The zero-order valence-electron chi connectivity index (χ0n) is 7.21. The molecule has 0 aromatic carbocycles. The van der Waals surface area contributed by atoms with E-state index in [1.807, 2.05) is 0 Å². The van der Waals surface area contributed by atoms with E-state index in [2.05, 4.69) is 12.2 Å². The average Bonchev–Trinajstić information content (AvgIpc) is 1.98. The van der Waals surface area contributed by atoms with E-state index >= 15 is 0 Å². The molecule has 1 rings (SSSR count). The molecule has 0 aromatic rings. The lowest BCUT2D eigenvalue weighted by Crippen LogP contribution is -2.51. The second-order valence-electron chi connectivity index (χ2n) is 3.27. The van der Waals surface area contributed by atoms with Crippen molar-refractivity contribution in [3.05, 3.63) is 0 Å². The summed E-state index contributed by atoms with van der Waals surface area (Å²) in [6.07, 6.45) is 1.72. The molecule has 3 atom stereocenters. The van der Waals surface area contributed by atoms with Gasteiger partial charge < -0.3 is 15.2 Å². The van der Waals surface area contributed by atoms with E-state index in [1.165, 1.54) is 0 Å². The fourth-order valence-corrected chi connectivity index (χ4v) is 1.52. The highest BCUT2D eigenvalue weighted by molar-refractivity contribution is 4.84. The molecule has 3 unspecified atom stereocenters. The third-order valence-corrected chi connectivity index (χ3v) is 2.20. The van der Waals surface area contributed by atoms with Gasteiger partial charge in [-0.1, -0.05) is 0 Å². The molecule has 0 aliphatic carbocycles. The highest BCUT2D eigenvalue weighted by Gasteiger charge is 2.25. The lowest BCUT2D eigenvalue weighted by Gasteiger charge is -2.32. The fourth-order valence-electron chi connectivity index (χ4n) is 1.52. The van der Waals surface area contributed by atoms with Crippen molar-refractivity contribution < 1.29 is 9.84 Å². The van der Waals surface area contributed by atoms with Crippen LogP contribution in [-0.2, 0) is 4.74 Å². The first kappa shape index (κ1) is 8.97. The molecule has 1 aliphatic heterocycles. The number of ether oxygens (including phenoxy) is 1. The maximum Gasteiger partial charge on any atom is 0.0716 e. The monoisotopic (exact) mass is 159 g/mol. The van der Waals surface area contributed by atoms with Gasteiger partial charge in [0.2, 0.25) is 0 Å². The van der Waals surface area contributed by atoms with Crippen LogP contribution >= 0.6 is 0 Å². The summed E-state index contributed by atoms with van der Waals surface area (Å²) < 4.78 is 4.98.